The van der Waals surface area contributed by atoms with E-state index >= 15 is 0 Å². The van der Waals surface area contributed by atoms with Gasteiger partial charge in [-0.3, -0.25) is 0 Å². The summed E-state index contributed by atoms with van der Waals surface area (Å²) in [6.45, 7) is 1.49. The van der Waals surface area contributed by atoms with Crippen LogP contribution >= 0.6 is 0 Å². The first-order valence-corrected chi connectivity index (χ1v) is 8.38. The van der Waals surface area contributed by atoms with E-state index in [1.807, 2.05) is 12.1 Å². The van der Waals surface area contributed by atoms with Crippen molar-refractivity contribution >= 4 is 0 Å². The van der Waals surface area contributed by atoms with Gasteiger partial charge in [0.2, 0.25) is 5.89 Å². The van der Waals surface area contributed by atoms with Gasteiger partial charge in [-0.2, -0.15) is 4.98 Å². The summed E-state index contributed by atoms with van der Waals surface area (Å²) in [7, 11) is 1.69. The molecule has 1 saturated carbocycles. The van der Waals surface area contributed by atoms with Crippen molar-refractivity contribution in [3.63, 3.8) is 0 Å². The third kappa shape index (κ3) is 2.53. The Hall–Kier alpha value is -1.88. The molecule has 1 atom stereocenters. The number of benzene rings is 1. The van der Waals surface area contributed by atoms with E-state index in [2.05, 4.69) is 17.3 Å². The fraction of sp³-hybridized carbons (Fsp3) is 0.556. The van der Waals surface area contributed by atoms with E-state index in [-0.39, 0.29) is 11.3 Å². The lowest BCUT2D eigenvalue weighted by atomic mass is 9.78. The van der Waals surface area contributed by atoms with Gasteiger partial charge in [0.15, 0.2) is 5.82 Å². The van der Waals surface area contributed by atoms with Crippen LogP contribution in [0.15, 0.2) is 28.8 Å². The minimum Gasteiger partial charge on any atom is -0.497 e. The minimum absolute atomic E-state index is 0.142. The molecule has 0 N–H and O–H groups in total. The summed E-state index contributed by atoms with van der Waals surface area (Å²) in [5.74, 6) is 2.72. The van der Waals surface area contributed by atoms with Gasteiger partial charge in [-0.05, 0) is 37.0 Å². The Morgan fingerprint density at radius 2 is 1.96 bits per heavy atom. The monoisotopic (exact) mass is 314 g/mol. The molecule has 1 saturated heterocycles. The molecule has 0 bridgehead atoms. The van der Waals surface area contributed by atoms with Crippen LogP contribution in [0.25, 0.3) is 0 Å². The van der Waals surface area contributed by atoms with Crippen LogP contribution in [0.5, 0.6) is 5.75 Å². The van der Waals surface area contributed by atoms with Crippen LogP contribution in [0.2, 0.25) is 0 Å². The highest BCUT2D eigenvalue weighted by Gasteiger charge is 2.43. The van der Waals surface area contributed by atoms with E-state index in [4.69, 9.17) is 19.0 Å². The van der Waals surface area contributed by atoms with Gasteiger partial charge in [0, 0.05) is 12.5 Å². The second-order valence-corrected chi connectivity index (χ2v) is 6.54. The number of aromatic nitrogens is 2. The summed E-state index contributed by atoms with van der Waals surface area (Å²) < 4.78 is 16.5. The van der Waals surface area contributed by atoms with E-state index in [1.54, 1.807) is 7.11 Å². The SMILES string of the molecule is COc1ccc(C2(c3nc(C4CCOC4)no3)CCCC2)cc1. The minimum atomic E-state index is -0.142. The van der Waals surface area contributed by atoms with Crippen LogP contribution in [-0.2, 0) is 10.2 Å². The highest BCUT2D eigenvalue weighted by molar-refractivity contribution is 5.37. The van der Waals surface area contributed by atoms with Crippen molar-refractivity contribution < 1.29 is 14.0 Å². The lowest BCUT2D eigenvalue weighted by Gasteiger charge is -2.25. The smallest absolute Gasteiger partial charge is 0.237 e. The average Bonchev–Trinajstić information content (AvgIpc) is 3.34. The Labute approximate surface area is 136 Å². The molecule has 1 aliphatic heterocycles. The van der Waals surface area contributed by atoms with E-state index in [9.17, 15) is 0 Å². The van der Waals surface area contributed by atoms with Crippen molar-refractivity contribution in [2.45, 2.75) is 43.4 Å². The van der Waals surface area contributed by atoms with Gasteiger partial charge in [-0.15, -0.1) is 0 Å². The fourth-order valence-corrected chi connectivity index (χ4v) is 3.85. The summed E-state index contributed by atoms with van der Waals surface area (Å²) in [6.07, 6.45) is 5.48. The van der Waals surface area contributed by atoms with Crippen molar-refractivity contribution in [2.75, 3.05) is 20.3 Å². The Kier molecular flexibility index (Phi) is 3.81. The number of hydrogen-bond acceptors (Lipinski definition) is 5. The molecule has 0 radical (unpaired) electrons. The molecule has 1 unspecified atom stereocenters. The number of rotatable bonds is 4. The van der Waals surface area contributed by atoms with Gasteiger partial charge in [-0.25, -0.2) is 0 Å². The first-order chi connectivity index (χ1) is 11.3. The molecule has 2 fully saturated rings. The molecule has 2 heterocycles. The molecule has 1 aliphatic carbocycles. The molecule has 23 heavy (non-hydrogen) atoms. The van der Waals surface area contributed by atoms with E-state index in [0.717, 1.165) is 43.3 Å². The second-order valence-electron chi connectivity index (χ2n) is 6.54. The van der Waals surface area contributed by atoms with Crippen molar-refractivity contribution in [1.82, 2.24) is 10.1 Å². The molecular formula is C18H22N2O3. The lowest BCUT2D eigenvalue weighted by Crippen LogP contribution is -2.24. The highest BCUT2D eigenvalue weighted by atomic mass is 16.5. The van der Waals surface area contributed by atoms with Crippen LogP contribution in [0.1, 0.15) is 55.3 Å². The summed E-state index contributed by atoms with van der Waals surface area (Å²) in [5, 5.41) is 4.26. The van der Waals surface area contributed by atoms with Gasteiger partial charge in [0.1, 0.15) is 5.75 Å². The average molecular weight is 314 g/mol. The lowest BCUT2D eigenvalue weighted by molar-refractivity contribution is 0.192. The number of ether oxygens (including phenoxy) is 2. The first-order valence-electron chi connectivity index (χ1n) is 8.38. The van der Waals surface area contributed by atoms with Gasteiger partial charge in [0.05, 0.1) is 19.1 Å². The van der Waals surface area contributed by atoms with E-state index < -0.39 is 0 Å². The molecule has 5 heteroatoms. The maximum atomic E-state index is 5.73. The van der Waals surface area contributed by atoms with Gasteiger partial charge < -0.3 is 14.0 Å². The summed E-state index contributed by atoms with van der Waals surface area (Å²) >= 11 is 0. The third-order valence-electron chi connectivity index (χ3n) is 5.25. The highest BCUT2D eigenvalue weighted by Crippen LogP contribution is 2.46. The molecule has 1 aromatic heterocycles. The molecule has 1 aromatic carbocycles. The van der Waals surface area contributed by atoms with Crippen molar-refractivity contribution in [1.29, 1.82) is 0 Å². The maximum Gasteiger partial charge on any atom is 0.237 e. The van der Waals surface area contributed by atoms with E-state index in [0.29, 0.717) is 6.61 Å². The molecule has 4 rings (SSSR count). The fourth-order valence-electron chi connectivity index (χ4n) is 3.85. The van der Waals surface area contributed by atoms with Gasteiger partial charge in [0.25, 0.3) is 0 Å². The normalized spacial score (nSPS) is 23.3. The second kappa shape index (κ2) is 5.96. The number of hydrogen-bond donors (Lipinski definition) is 0. The molecule has 0 spiro atoms. The Balaban J connectivity index is 1.69. The van der Waals surface area contributed by atoms with Crippen molar-refractivity contribution in [3.05, 3.63) is 41.5 Å². The Morgan fingerprint density at radius 1 is 1.17 bits per heavy atom. The predicted molar refractivity (Wildman–Crippen MR) is 84.7 cm³/mol. The zero-order valence-corrected chi connectivity index (χ0v) is 13.5. The zero-order valence-electron chi connectivity index (χ0n) is 13.5. The molecular weight excluding hydrogens is 292 g/mol. The topological polar surface area (TPSA) is 57.4 Å². The standard InChI is InChI=1S/C18H22N2O3/c1-21-15-6-4-14(5-7-15)18(9-2-3-10-18)17-19-16(20-23-17)13-8-11-22-12-13/h4-7,13H,2-3,8-12H2,1H3. The van der Waals surface area contributed by atoms with Crippen molar-refractivity contribution in [3.8, 4) is 5.75 Å². The van der Waals surface area contributed by atoms with Crippen LogP contribution in [0, 0.1) is 0 Å². The molecule has 122 valence electrons. The Bertz CT molecular complexity index is 653. The summed E-state index contributed by atoms with van der Waals surface area (Å²) in [4.78, 5) is 4.78. The maximum absolute atomic E-state index is 5.73. The number of nitrogens with zero attached hydrogens (tertiary/aromatic N) is 2. The molecule has 2 aliphatic rings. The van der Waals surface area contributed by atoms with Gasteiger partial charge >= 0.3 is 0 Å². The largest absolute Gasteiger partial charge is 0.497 e. The van der Waals surface area contributed by atoms with Crippen LogP contribution in [0.3, 0.4) is 0 Å². The predicted octanol–water partition coefficient (Wildman–Crippen LogP) is 3.44. The molecule has 2 aromatic rings. The summed E-state index contributed by atoms with van der Waals surface area (Å²) in [6, 6.07) is 8.29. The van der Waals surface area contributed by atoms with Crippen LogP contribution in [-0.4, -0.2) is 30.5 Å². The molecule has 5 nitrogen and oxygen atoms in total. The van der Waals surface area contributed by atoms with Crippen LogP contribution < -0.4 is 4.74 Å². The molecule has 0 amide bonds. The van der Waals surface area contributed by atoms with Crippen LogP contribution in [0.4, 0.5) is 0 Å². The summed E-state index contributed by atoms with van der Waals surface area (Å²) in [5.41, 5.74) is 1.10. The Morgan fingerprint density at radius 3 is 2.61 bits per heavy atom. The third-order valence-corrected chi connectivity index (χ3v) is 5.25. The number of methoxy groups -OCH3 is 1. The first kappa shape index (κ1) is 14.7. The zero-order chi connectivity index (χ0) is 15.7. The van der Waals surface area contributed by atoms with Crippen molar-refractivity contribution in [2.24, 2.45) is 0 Å². The van der Waals surface area contributed by atoms with E-state index in [1.165, 1.54) is 18.4 Å². The quantitative estimate of drug-likeness (QED) is 0.865. The van der Waals surface area contributed by atoms with Gasteiger partial charge in [-0.1, -0.05) is 30.1 Å².